The number of benzene rings is 1. The fraction of sp³-hybridized carbons (Fsp3) is 0.353. The summed E-state index contributed by atoms with van der Waals surface area (Å²) in [7, 11) is 2.34. The topological polar surface area (TPSA) is 65.0 Å². The van der Waals surface area contributed by atoms with E-state index in [1.54, 1.807) is 13.8 Å². The number of hydrogen-bond donors (Lipinski definition) is 0. The molecule has 1 heterocycles. The maximum Gasteiger partial charge on any atom is 0.336 e. The number of halogens is 2. The number of hydrogen-bond acceptors (Lipinski definition) is 5. The predicted molar refractivity (Wildman–Crippen MR) is 82.4 cm³/mol. The quantitative estimate of drug-likeness (QED) is 0.796. The predicted octanol–water partition coefficient (Wildman–Crippen LogP) is 2.76. The Labute approximate surface area is 138 Å². The van der Waals surface area contributed by atoms with Crippen LogP contribution in [-0.4, -0.2) is 31.9 Å². The van der Waals surface area contributed by atoms with E-state index >= 15 is 0 Å². The van der Waals surface area contributed by atoms with Crippen molar-refractivity contribution in [3.05, 3.63) is 46.7 Å². The second-order valence-corrected chi connectivity index (χ2v) is 5.39. The van der Waals surface area contributed by atoms with Gasteiger partial charge in [0.2, 0.25) is 0 Å². The van der Waals surface area contributed by atoms with Crippen molar-refractivity contribution in [2.45, 2.75) is 19.8 Å². The van der Waals surface area contributed by atoms with Crippen LogP contribution < -0.4 is 0 Å². The van der Waals surface area contributed by atoms with E-state index in [-0.39, 0.29) is 16.8 Å². The number of aliphatic imine (C=N–C) groups is 1. The molecule has 1 aromatic rings. The molecule has 128 valence electrons. The van der Waals surface area contributed by atoms with Crippen LogP contribution in [0.3, 0.4) is 0 Å². The summed E-state index contributed by atoms with van der Waals surface area (Å²) < 4.78 is 37.5. The third kappa shape index (κ3) is 3.06. The van der Waals surface area contributed by atoms with Gasteiger partial charge in [0.1, 0.15) is 17.6 Å². The minimum Gasteiger partial charge on any atom is -0.468 e. The van der Waals surface area contributed by atoms with Crippen LogP contribution in [0.1, 0.15) is 25.3 Å². The fourth-order valence-corrected chi connectivity index (χ4v) is 2.93. The van der Waals surface area contributed by atoms with E-state index in [9.17, 15) is 18.4 Å². The lowest BCUT2D eigenvalue weighted by atomic mass is 9.75. The molecule has 0 aromatic heterocycles. The summed E-state index contributed by atoms with van der Waals surface area (Å²) in [5.74, 6) is -5.01. The highest BCUT2D eigenvalue weighted by Crippen LogP contribution is 2.41. The molecule has 0 N–H and O–H groups in total. The molecule has 0 saturated carbocycles. The Morgan fingerprint density at radius 3 is 2.38 bits per heavy atom. The average Bonchev–Trinajstić information content (AvgIpc) is 2.55. The number of carbonyl (C=O) groups excluding carboxylic acids is 2. The highest BCUT2D eigenvalue weighted by Gasteiger charge is 2.43. The third-order valence-corrected chi connectivity index (χ3v) is 3.98. The Bertz CT molecular complexity index is 755. The molecule has 2 rings (SSSR count). The van der Waals surface area contributed by atoms with E-state index in [0.717, 1.165) is 18.2 Å². The Morgan fingerprint density at radius 1 is 1.12 bits per heavy atom. The molecule has 0 fully saturated rings. The lowest BCUT2D eigenvalue weighted by molar-refractivity contribution is -0.143. The van der Waals surface area contributed by atoms with Crippen LogP contribution in [0.2, 0.25) is 0 Å². The summed E-state index contributed by atoms with van der Waals surface area (Å²) in [6.45, 7) is 3.12. The van der Waals surface area contributed by atoms with Gasteiger partial charge in [-0.05, 0) is 37.6 Å². The van der Waals surface area contributed by atoms with Crippen molar-refractivity contribution in [2.24, 2.45) is 10.9 Å². The van der Waals surface area contributed by atoms with Gasteiger partial charge in [-0.3, -0.25) is 9.79 Å². The molecule has 0 aliphatic carbocycles. The largest absolute Gasteiger partial charge is 0.468 e. The van der Waals surface area contributed by atoms with Gasteiger partial charge in [-0.15, -0.1) is 0 Å². The van der Waals surface area contributed by atoms with Crippen molar-refractivity contribution in [3.8, 4) is 0 Å². The fourth-order valence-electron chi connectivity index (χ4n) is 2.93. The van der Waals surface area contributed by atoms with E-state index in [2.05, 4.69) is 4.99 Å². The first-order valence-electron chi connectivity index (χ1n) is 7.18. The molecule has 0 bridgehead atoms. The molecule has 0 spiro atoms. The molecule has 0 radical (unpaired) electrons. The van der Waals surface area contributed by atoms with Crippen molar-refractivity contribution in [2.75, 3.05) is 14.2 Å². The number of nitrogens with zero attached hydrogens (tertiary/aromatic N) is 1. The smallest absolute Gasteiger partial charge is 0.336 e. The van der Waals surface area contributed by atoms with Gasteiger partial charge in [-0.2, -0.15) is 0 Å². The van der Waals surface area contributed by atoms with Crippen LogP contribution in [0.15, 0.2) is 34.5 Å². The number of methoxy groups -OCH3 is 2. The van der Waals surface area contributed by atoms with Crippen LogP contribution in [0.4, 0.5) is 8.78 Å². The van der Waals surface area contributed by atoms with E-state index in [0.29, 0.717) is 5.71 Å². The minimum absolute atomic E-state index is 0.00278. The lowest BCUT2D eigenvalue weighted by Gasteiger charge is -2.31. The number of carbonyl (C=O) groups is 2. The Hall–Kier alpha value is -2.57. The third-order valence-electron chi connectivity index (χ3n) is 3.98. The van der Waals surface area contributed by atoms with Gasteiger partial charge >= 0.3 is 11.9 Å². The van der Waals surface area contributed by atoms with Gasteiger partial charge in [0.25, 0.3) is 0 Å². The van der Waals surface area contributed by atoms with Crippen molar-refractivity contribution in [1.82, 2.24) is 0 Å². The molecular weight excluding hydrogens is 320 g/mol. The second-order valence-electron chi connectivity index (χ2n) is 5.39. The van der Waals surface area contributed by atoms with Crippen LogP contribution >= 0.6 is 0 Å². The molecule has 2 unspecified atom stereocenters. The van der Waals surface area contributed by atoms with Gasteiger partial charge in [0.05, 0.1) is 19.8 Å². The summed E-state index contributed by atoms with van der Waals surface area (Å²) in [5, 5.41) is 0. The zero-order valence-corrected chi connectivity index (χ0v) is 13.7. The summed E-state index contributed by atoms with van der Waals surface area (Å²) in [6.07, 6.45) is 0. The molecule has 0 saturated heterocycles. The first kappa shape index (κ1) is 17.8. The van der Waals surface area contributed by atoms with Crippen molar-refractivity contribution >= 4 is 17.7 Å². The van der Waals surface area contributed by atoms with Gasteiger partial charge in [-0.25, -0.2) is 13.6 Å². The first-order chi connectivity index (χ1) is 11.3. The molecule has 2 atom stereocenters. The van der Waals surface area contributed by atoms with Gasteiger partial charge in [0.15, 0.2) is 0 Å². The van der Waals surface area contributed by atoms with Crippen LogP contribution in [0.25, 0.3) is 0 Å². The first-order valence-corrected chi connectivity index (χ1v) is 7.18. The van der Waals surface area contributed by atoms with E-state index < -0.39 is 35.4 Å². The van der Waals surface area contributed by atoms with E-state index in [4.69, 9.17) is 9.47 Å². The van der Waals surface area contributed by atoms with Gasteiger partial charge in [-0.1, -0.05) is 0 Å². The van der Waals surface area contributed by atoms with Crippen molar-refractivity contribution in [1.29, 1.82) is 0 Å². The Kier molecular flexibility index (Phi) is 5.11. The van der Waals surface area contributed by atoms with Crippen LogP contribution in [0.5, 0.6) is 0 Å². The van der Waals surface area contributed by atoms with E-state index in [1.165, 1.54) is 14.2 Å². The normalized spacial score (nSPS) is 20.5. The molecule has 1 aromatic carbocycles. The molecule has 1 aliphatic rings. The summed E-state index contributed by atoms with van der Waals surface area (Å²) in [6, 6.07) is 2.87. The number of allylic oxidation sites excluding steroid dienone is 1. The Balaban J connectivity index is 2.75. The summed E-state index contributed by atoms with van der Waals surface area (Å²) in [4.78, 5) is 28.6. The SMILES string of the molecule is COC(=O)C1=C(C)N=C(C)C(C(=O)OC)C1c1cc(F)ccc1F. The second kappa shape index (κ2) is 6.90. The molecule has 7 heteroatoms. The van der Waals surface area contributed by atoms with Crippen molar-refractivity contribution in [3.63, 3.8) is 0 Å². The molecule has 0 amide bonds. The van der Waals surface area contributed by atoms with Gasteiger partial charge < -0.3 is 9.47 Å². The average molecular weight is 337 g/mol. The molecule has 1 aliphatic heterocycles. The zero-order valence-electron chi connectivity index (χ0n) is 13.7. The van der Waals surface area contributed by atoms with Crippen LogP contribution in [-0.2, 0) is 19.1 Å². The minimum atomic E-state index is -1.09. The molecule has 24 heavy (non-hydrogen) atoms. The van der Waals surface area contributed by atoms with Crippen molar-refractivity contribution < 1.29 is 27.8 Å². The van der Waals surface area contributed by atoms with Gasteiger partial charge in [0, 0.05) is 17.3 Å². The number of rotatable bonds is 3. The maximum atomic E-state index is 14.4. The summed E-state index contributed by atoms with van der Waals surface area (Å²) in [5.41, 5.74) is 0.510. The van der Waals surface area contributed by atoms with E-state index in [1.807, 2.05) is 0 Å². The maximum absolute atomic E-state index is 14.4. The molecular formula is C17H17F2NO4. The number of esters is 2. The van der Waals surface area contributed by atoms with Crippen LogP contribution in [0, 0.1) is 17.6 Å². The highest BCUT2D eigenvalue weighted by molar-refractivity contribution is 6.06. The summed E-state index contributed by atoms with van der Waals surface area (Å²) >= 11 is 0. The number of ether oxygens (including phenoxy) is 2. The monoisotopic (exact) mass is 337 g/mol. The Morgan fingerprint density at radius 2 is 1.79 bits per heavy atom. The lowest BCUT2D eigenvalue weighted by Crippen LogP contribution is -2.36. The highest BCUT2D eigenvalue weighted by atomic mass is 19.1. The standard InChI is InChI=1S/C17H17F2NO4/c1-8-13(16(21)23-3)15(11-7-10(18)5-6-12(11)19)14(9(2)20-8)17(22)24-4/h5-7,13,15H,1-4H3. The zero-order chi connectivity index (χ0) is 18.0. The molecule has 5 nitrogen and oxygen atoms in total.